The maximum absolute atomic E-state index is 11.0. The molecule has 70 valence electrons. The van der Waals surface area contributed by atoms with Gasteiger partial charge in [0.1, 0.15) is 5.58 Å². The molecule has 2 aromatic rings. The second kappa shape index (κ2) is 2.58. The van der Waals surface area contributed by atoms with Gasteiger partial charge in [0.25, 0.3) is 0 Å². The van der Waals surface area contributed by atoms with Crippen molar-refractivity contribution in [2.24, 2.45) is 0 Å². The summed E-state index contributed by atoms with van der Waals surface area (Å²) in [7, 11) is 3.35. The molecule has 2 aromatic heterocycles. The van der Waals surface area contributed by atoms with Gasteiger partial charge in [-0.05, 0) is 4.90 Å². The minimum atomic E-state index is 0.275. The van der Waals surface area contributed by atoms with Crippen LogP contribution in [-0.2, 0) is 0 Å². The fourth-order valence-electron chi connectivity index (χ4n) is 1.15. The largest absolute Gasteiger partial charge is 0.436 e. The molecule has 2 heterocycles. The van der Waals surface area contributed by atoms with Crippen molar-refractivity contribution in [3.05, 3.63) is 11.3 Å². The summed E-state index contributed by atoms with van der Waals surface area (Å²) in [6.45, 7) is 0. The molecule has 13 heavy (non-hydrogen) atoms. The van der Waals surface area contributed by atoms with E-state index in [9.17, 15) is 5.21 Å². The minimum absolute atomic E-state index is 0.275. The van der Waals surface area contributed by atoms with Crippen LogP contribution >= 0.6 is 0 Å². The Morgan fingerprint density at radius 1 is 1.38 bits per heavy atom. The Bertz CT molecular complexity index is 431. The lowest BCUT2D eigenvalue weighted by atomic mass is 10.5. The molecule has 0 aromatic carbocycles. The Hall–Kier alpha value is -1.85. The maximum Gasteiger partial charge on any atom is 0.359 e. The summed E-state index contributed by atoms with van der Waals surface area (Å²) in [4.78, 5) is 0.383. The third kappa shape index (κ3) is 0.986. The van der Waals surface area contributed by atoms with Crippen molar-refractivity contribution in [2.45, 2.75) is 0 Å². The van der Waals surface area contributed by atoms with E-state index in [0.29, 0.717) is 22.0 Å². The SMILES string of the molecule is CNc1cc2o[n+]([O-])c(NC)c2o1. The van der Waals surface area contributed by atoms with Gasteiger partial charge in [-0.2, -0.15) is 0 Å². The number of nitrogens with zero attached hydrogens (tertiary/aromatic N) is 1. The molecule has 0 aliphatic heterocycles. The lowest BCUT2D eigenvalue weighted by Crippen LogP contribution is -2.25. The Labute approximate surface area is 73.7 Å². The number of aromatic nitrogens is 1. The third-order valence-electron chi connectivity index (χ3n) is 1.76. The molecule has 0 spiro atoms. The quantitative estimate of drug-likeness (QED) is 0.671. The highest BCUT2D eigenvalue weighted by atomic mass is 16.7. The van der Waals surface area contributed by atoms with Crippen molar-refractivity contribution in [1.29, 1.82) is 0 Å². The van der Waals surface area contributed by atoms with Gasteiger partial charge in [0.05, 0.1) is 7.05 Å². The van der Waals surface area contributed by atoms with Crippen LogP contribution in [0.4, 0.5) is 11.7 Å². The van der Waals surface area contributed by atoms with E-state index in [2.05, 4.69) is 10.6 Å². The number of hydrogen-bond acceptors (Lipinski definition) is 5. The molecule has 2 rings (SSSR count). The number of anilines is 2. The molecule has 0 aliphatic carbocycles. The number of nitrogens with one attached hydrogen (secondary N) is 2. The van der Waals surface area contributed by atoms with Crippen molar-refractivity contribution in [3.63, 3.8) is 0 Å². The fourth-order valence-corrected chi connectivity index (χ4v) is 1.15. The van der Waals surface area contributed by atoms with Gasteiger partial charge in [0.15, 0.2) is 5.88 Å². The first-order valence-electron chi connectivity index (χ1n) is 3.78. The summed E-state index contributed by atoms with van der Waals surface area (Å²) < 4.78 is 10.1. The first-order valence-corrected chi connectivity index (χ1v) is 3.78. The summed E-state index contributed by atoms with van der Waals surface area (Å²) in [6.07, 6.45) is 0. The maximum atomic E-state index is 11.0. The van der Waals surface area contributed by atoms with Gasteiger partial charge in [0, 0.05) is 13.1 Å². The Balaban J connectivity index is 2.66. The van der Waals surface area contributed by atoms with E-state index in [0.717, 1.165) is 0 Å². The summed E-state index contributed by atoms with van der Waals surface area (Å²) in [5.41, 5.74) is 0.838. The van der Waals surface area contributed by atoms with Gasteiger partial charge >= 0.3 is 5.82 Å². The third-order valence-corrected chi connectivity index (χ3v) is 1.76. The van der Waals surface area contributed by atoms with E-state index in [1.807, 2.05) is 0 Å². The zero-order valence-electron chi connectivity index (χ0n) is 7.25. The lowest BCUT2D eigenvalue weighted by molar-refractivity contribution is -0.776. The first-order chi connectivity index (χ1) is 6.26. The van der Waals surface area contributed by atoms with Gasteiger partial charge in [-0.3, -0.25) is 5.32 Å². The van der Waals surface area contributed by atoms with Crippen LogP contribution in [-0.4, -0.2) is 14.1 Å². The predicted octanol–water partition coefficient (Wildman–Crippen LogP) is 0.743. The molecule has 0 atom stereocenters. The molecule has 0 fully saturated rings. The monoisotopic (exact) mass is 183 g/mol. The van der Waals surface area contributed by atoms with Crippen molar-refractivity contribution < 1.29 is 13.8 Å². The number of furan rings is 1. The van der Waals surface area contributed by atoms with Crippen molar-refractivity contribution >= 4 is 22.9 Å². The molecule has 0 bridgehead atoms. The van der Waals surface area contributed by atoms with Crippen LogP contribution in [0.1, 0.15) is 0 Å². The highest BCUT2D eigenvalue weighted by Gasteiger charge is 2.17. The molecule has 6 heteroatoms. The van der Waals surface area contributed by atoms with Gasteiger partial charge in [-0.1, -0.05) is 0 Å². The Morgan fingerprint density at radius 3 is 2.77 bits per heavy atom. The van der Waals surface area contributed by atoms with E-state index in [-0.39, 0.29) is 5.82 Å². The summed E-state index contributed by atoms with van der Waals surface area (Å²) in [5, 5.41) is 16.5. The zero-order valence-corrected chi connectivity index (χ0v) is 7.25. The molecule has 2 N–H and O–H groups in total. The fraction of sp³-hybridized carbons (Fsp3) is 0.286. The summed E-state index contributed by atoms with van der Waals surface area (Å²) >= 11 is 0. The molecule has 0 saturated carbocycles. The van der Waals surface area contributed by atoms with Gasteiger partial charge in [-0.15, -0.1) is 0 Å². The summed E-state index contributed by atoms with van der Waals surface area (Å²) in [6, 6.07) is 1.62. The molecular formula is C7H9N3O3. The van der Waals surface area contributed by atoms with Gasteiger partial charge in [0.2, 0.25) is 5.58 Å². The second-order valence-electron chi connectivity index (χ2n) is 2.50. The van der Waals surface area contributed by atoms with E-state index >= 15 is 0 Å². The number of fused-ring (bicyclic) bond motifs is 1. The van der Waals surface area contributed by atoms with Crippen molar-refractivity contribution in [2.75, 3.05) is 24.7 Å². The van der Waals surface area contributed by atoms with Gasteiger partial charge < -0.3 is 19.5 Å². The molecule has 0 unspecified atom stereocenters. The van der Waals surface area contributed by atoms with Gasteiger partial charge in [-0.25, -0.2) is 0 Å². The molecule has 0 amide bonds. The first kappa shape index (κ1) is 7.78. The molecule has 0 radical (unpaired) electrons. The predicted molar refractivity (Wildman–Crippen MR) is 46.5 cm³/mol. The van der Waals surface area contributed by atoms with Crippen LogP contribution in [0.15, 0.2) is 15.0 Å². The van der Waals surface area contributed by atoms with Crippen LogP contribution in [0, 0.1) is 5.21 Å². The van der Waals surface area contributed by atoms with E-state index < -0.39 is 0 Å². The lowest BCUT2D eigenvalue weighted by Gasteiger charge is -1.93. The highest BCUT2D eigenvalue weighted by Crippen LogP contribution is 2.27. The molecular weight excluding hydrogens is 174 g/mol. The number of rotatable bonds is 2. The topological polar surface area (TPSA) is 77.3 Å². The Kier molecular flexibility index (Phi) is 1.54. The van der Waals surface area contributed by atoms with Crippen LogP contribution in [0.25, 0.3) is 11.2 Å². The van der Waals surface area contributed by atoms with E-state index in [1.165, 1.54) is 0 Å². The normalized spacial score (nSPS) is 10.6. The zero-order chi connectivity index (χ0) is 9.42. The molecule has 6 nitrogen and oxygen atoms in total. The van der Waals surface area contributed by atoms with Crippen LogP contribution in [0.5, 0.6) is 0 Å². The average molecular weight is 183 g/mol. The number of hydrogen-bond donors (Lipinski definition) is 2. The van der Waals surface area contributed by atoms with E-state index in [1.54, 1.807) is 20.2 Å². The van der Waals surface area contributed by atoms with Crippen molar-refractivity contribution in [1.82, 2.24) is 0 Å². The average Bonchev–Trinajstić information content (AvgIpc) is 2.60. The summed E-state index contributed by atoms with van der Waals surface area (Å²) in [5.74, 6) is 0.836. The van der Waals surface area contributed by atoms with Crippen molar-refractivity contribution in [3.8, 4) is 0 Å². The van der Waals surface area contributed by atoms with Crippen LogP contribution < -0.4 is 15.5 Å². The highest BCUT2D eigenvalue weighted by molar-refractivity contribution is 5.83. The minimum Gasteiger partial charge on any atom is -0.436 e. The Morgan fingerprint density at radius 2 is 2.15 bits per heavy atom. The molecule has 0 aliphatic rings. The van der Waals surface area contributed by atoms with E-state index in [4.69, 9.17) is 8.94 Å². The van der Waals surface area contributed by atoms with Crippen LogP contribution in [0.2, 0.25) is 0 Å². The second-order valence-corrected chi connectivity index (χ2v) is 2.50. The molecule has 0 saturated heterocycles. The smallest absolute Gasteiger partial charge is 0.359 e. The standard InChI is InChI=1S/C7H9N3O3/c1-8-5-3-4-6(12-5)7(9-2)10(11)13-4/h3,8-9H,1-2H3. The van der Waals surface area contributed by atoms with Crippen LogP contribution in [0.3, 0.4) is 0 Å².